The van der Waals surface area contributed by atoms with Crippen LogP contribution in [-0.4, -0.2) is 36.7 Å². The molecule has 0 radical (unpaired) electrons. The average Bonchev–Trinajstić information content (AvgIpc) is 3.04. The molecule has 5 nitrogen and oxygen atoms in total. The molecular formula is C13H21NO4. The van der Waals surface area contributed by atoms with E-state index in [4.69, 9.17) is 9.84 Å². The van der Waals surface area contributed by atoms with Gasteiger partial charge in [-0.25, -0.2) is 0 Å². The van der Waals surface area contributed by atoms with Crippen LogP contribution in [0, 0.1) is 11.3 Å². The molecule has 0 atom stereocenters. The van der Waals surface area contributed by atoms with Crippen LogP contribution in [-0.2, 0) is 14.3 Å². The number of amides is 1. The summed E-state index contributed by atoms with van der Waals surface area (Å²) in [5.41, 5.74) is -1.14. The highest BCUT2D eigenvalue weighted by atomic mass is 16.5. The molecule has 2 aliphatic rings. The van der Waals surface area contributed by atoms with E-state index in [0.29, 0.717) is 26.0 Å². The number of carboxylic acid groups (broad SMARTS) is 1. The molecule has 0 aliphatic heterocycles. The van der Waals surface area contributed by atoms with Crippen molar-refractivity contribution in [1.29, 1.82) is 0 Å². The smallest absolute Gasteiger partial charge is 0.319 e. The third kappa shape index (κ3) is 3.02. The number of aliphatic carboxylic acids is 1. The SMILES string of the molecule is O=C(O)C1(C(=O)NCCCOCC2CC2)CCC1. The molecule has 2 rings (SSSR count). The van der Waals surface area contributed by atoms with E-state index >= 15 is 0 Å². The van der Waals surface area contributed by atoms with E-state index in [2.05, 4.69) is 5.32 Å². The van der Waals surface area contributed by atoms with Crippen molar-refractivity contribution in [3.63, 3.8) is 0 Å². The molecule has 0 saturated heterocycles. The molecule has 0 heterocycles. The number of carbonyl (C=O) groups excluding carboxylic acids is 1. The Morgan fingerprint density at radius 3 is 2.56 bits per heavy atom. The molecule has 0 bridgehead atoms. The number of nitrogens with one attached hydrogen (secondary N) is 1. The minimum Gasteiger partial charge on any atom is -0.480 e. The van der Waals surface area contributed by atoms with Crippen LogP contribution in [0.2, 0.25) is 0 Å². The fourth-order valence-corrected chi connectivity index (χ4v) is 2.15. The van der Waals surface area contributed by atoms with Gasteiger partial charge in [0.25, 0.3) is 0 Å². The predicted molar refractivity (Wildman–Crippen MR) is 65.1 cm³/mol. The first-order valence-electron chi connectivity index (χ1n) is 6.74. The molecule has 0 unspecified atom stereocenters. The van der Waals surface area contributed by atoms with Gasteiger partial charge >= 0.3 is 5.97 Å². The lowest BCUT2D eigenvalue weighted by atomic mass is 9.68. The maximum atomic E-state index is 11.8. The van der Waals surface area contributed by atoms with E-state index in [-0.39, 0.29) is 5.91 Å². The first-order chi connectivity index (χ1) is 8.65. The minimum absolute atomic E-state index is 0.330. The quantitative estimate of drug-likeness (QED) is 0.504. The summed E-state index contributed by atoms with van der Waals surface area (Å²) in [5, 5.41) is 11.8. The van der Waals surface area contributed by atoms with Crippen molar-refractivity contribution in [2.24, 2.45) is 11.3 Å². The van der Waals surface area contributed by atoms with Crippen LogP contribution in [0.25, 0.3) is 0 Å². The lowest BCUT2D eigenvalue weighted by molar-refractivity contribution is -0.162. The molecular weight excluding hydrogens is 234 g/mol. The van der Waals surface area contributed by atoms with Gasteiger partial charge in [0.2, 0.25) is 5.91 Å². The summed E-state index contributed by atoms with van der Waals surface area (Å²) >= 11 is 0. The lowest BCUT2D eigenvalue weighted by Crippen LogP contribution is -2.51. The molecule has 2 saturated carbocycles. The van der Waals surface area contributed by atoms with Gasteiger partial charge in [0.15, 0.2) is 0 Å². The zero-order chi connectivity index (χ0) is 13.0. The van der Waals surface area contributed by atoms with Gasteiger partial charge < -0.3 is 15.2 Å². The Morgan fingerprint density at radius 1 is 1.33 bits per heavy atom. The zero-order valence-corrected chi connectivity index (χ0v) is 10.6. The van der Waals surface area contributed by atoms with Crippen LogP contribution in [0.1, 0.15) is 38.5 Å². The fraction of sp³-hybridized carbons (Fsp3) is 0.846. The van der Waals surface area contributed by atoms with Crippen molar-refractivity contribution in [2.75, 3.05) is 19.8 Å². The number of rotatable bonds is 8. The molecule has 0 aromatic rings. The maximum Gasteiger partial charge on any atom is 0.319 e. The number of hydrogen-bond donors (Lipinski definition) is 2. The number of hydrogen-bond acceptors (Lipinski definition) is 3. The average molecular weight is 255 g/mol. The van der Waals surface area contributed by atoms with Crippen molar-refractivity contribution in [3.8, 4) is 0 Å². The number of ether oxygens (including phenoxy) is 1. The van der Waals surface area contributed by atoms with E-state index < -0.39 is 11.4 Å². The Balaban J connectivity index is 1.57. The molecule has 0 aromatic heterocycles. The molecule has 2 aliphatic carbocycles. The molecule has 102 valence electrons. The summed E-state index contributed by atoms with van der Waals surface area (Å²) in [4.78, 5) is 22.9. The summed E-state index contributed by atoms with van der Waals surface area (Å²) in [6.07, 6.45) is 5.05. The maximum absolute atomic E-state index is 11.8. The summed E-state index contributed by atoms with van der Waals surface area (Å²) in [6, 6.07) is 0. The monoisotopic (exact) mass is 255 g/mol. The minimum atomic E-state index is -1.14. The number of carbonyl (C=O) groups is 2. The van der Waals surface area contributed by atoms with E-state index in [1.54, 1.807) is 0 Å². The van der Waals surface area contributed by atoms with Gasteiger partial charge in [-0.2, -0.15) is 0 Å². The molecule has 5 heteroatoms. The molecule has 2 N–H and O–H groups in total. The first kappa shape index (κ1) is 13.3. The van der Waals surface area contributed by atoms with Crippen LogP contribution in [0.15, 0.2) is 0 Å². The van der Waals surface area contributed by atoms with Gasteiger partial charge in [-0.3, -0.25) is 9.59 Å². The van der Waals surface area contributed by atoms with Crippen molar-refractivity contribution in [1.82, 2.24) is 5.32 Å². The highest BCUT2D eigenvalue weighted by Gasteiger charge is 2.50. The zero-order valence-electron chi connectivity index (χ0n) is 10.6. The third-order valence-corrected chi connectivity index (χ3v) is 3.85. The number of carboxylic acids is 1. The van der Waals surface area contributed by atoms with Gasteiger partial charge in [0.1, 0.15) is 5.41 Å². The van der Waals surface area contributed by atoms with Crippen molar-refractivity contribution in [3.05, 3.63) is 0 Å². The van der Waals surface area contributed by atoms with Crippen molar-refractivity contribution in [2.45, 2.75) is 38.5 Å². The normalized spacial score (nSPS) is 21.1. The van der Waals surface area contributed by atoms with Gasteiger partial charge in [-0.05, 0) is 38.0 Å². The lowest BCUT2D eigenvalue weighted by Gasteiger charge is -2.35. The van der Waals surface area contributed by atoms with Gasteiger partial charge in [-0.15, -0.1) is 0 Å². The van der Waals surface area contributed by atoms with Gasteiger partial charge in [-0.1, -0.05) is 6.42 Å². The first-order valence-corrected chi connectivity index (χ1v) is 6.74. The van der Waals surface area contributed by atoms with E-state index in [1.165, 1.54) is 12.8 Å². The summed E-state index contributed by atoms with van der Waals surface area (Å²) < 4.78 is 5.45. The summed E-state index contributed by atoms with van der Waals surface area (Å²) in [5.74, 6) is -0.565. The van der Waals surface area contributed by atoms with Crippen molar-refractivity contribution >= 4 is 11.9 Å². The second-order valence-corrected chi connectivity index (χ2v) is 5.37. The standard InChI is InChI=1S/C13H21NO4/c15-11(13(12(16)17)5-1-6-13)14-7-2-8-18-9-10-3-4-10/h10H,1-9H2,(H,14,15)(H,16,17). The van der Waals surface area contributed by atoms with Crippen LogP contribution in [0.3, 0.4) is 0 Å². The Kier molecular flexibility index (Phi) is 4.22. The second kappa shape index (κ2) is 5.69. The van der Waals surface area contributed by atoms with Crippen LogP contribution >= 0.6 is 0 Å². The fourth-order valence-electron chi connectivity index (χ4n) is 2.15. The largest absolute Gasteiger partial charge is 0.480 e. The van der Waals surface area contributed by atoms with E-state index in [0.717, 1.165) is 25.4 Å². The topological polar surface area (TPSA) is 75.6 Å². The van der Waals surface area contributed by atoms with Gasteiger partial charge in [0.05, 0.1) is 0 Å². The summed E-state index contributed by atoms with van der Waals surface area (Å²) in [6.45, 7) is 1.96. The van der Waals surface area contributed by atoms with Crippen LogP contribution in [0.5, 0.6) is 0 Å². The van der Waals surface area contributed by atoms with Crippen LogP contribution < -0.4 is 5.32 Å². The van der Waals surface area contributed by atoms with E-state index in [9.17, 15) is 9.59 Å². The molecule has 1 amide bonds. The summed E-state index contributed by atoms with van der Waals surface area (Å²) in [7, 11) is 0. The molecule has 0 aromatic carbocycles. The molecule has 18 heavy (non-hydrogen) atoms. The van der Waals surface area contributed by atoms with Gasteiger partial charge in [0, 0.05) is 19.8 Å². The Hall–Kier alpha value is -1.10. The molecule has 2 fully saturated rings. The van der Waals surface area contributed by atoms with Crippen LogP contribution in [0.4, 0.5) is 0 Å². The predicted octanol–water partition coefficient (Wildman–Crippen LogP) is 1.17. The van der Waals surface area contributed by atoms with Crippen molar-refractivity contribution < 1.29 is 19.4 Å². The highest BCUT2D eigenvalue weighted by Crippen LogP contribution is 2.41. The Bertz CT molecular complexity index is 321. The van der Waals surface area contributed by atoms with E-state index in [1.807, 2.05) is 0 Å². The Morgan fingerprint density at radius 2 is 2.06 bits per heavy atom. The molecule has 0 spiro atoms. The second-order valence-electron chi connectivity index (χ2n) is 5.37. The Labute approximate surface area is 107 Å². The third-order valence-electron chi connectivity index (χ3n) is 3.85. The highest BCUT2D eigenvalue weighted by molar-refractivity contribution is 6.02.